The molecule has 0 atom stereocenters. The lowest BCUT2D eigenvalue weighted by Crippen LogP contribution is -2.13. The molecule has 3 nitrogen and oxygen atoms in total. The summed E-state index contributed by atoms with van der Waals surface area (Å²) >= 11 is 0. The van der Waals surface area contributed by atoms with E-state index in [4.69, 9.17) is 4.98 Å². The predicted molar refractivity (Wildman–Crippen MR) is 216 cm³/mol. The molecule has 0 unspecified atom stereocenters. The monoisotopic (exact) mass is 652 g/mol. The number of rotatable bonds is 4. The van der Waals surface area contributed by atoms with E-state index in [0.29, 0.717) is 11.0 Å². The fourth-order valence-corrected chi connectivity index (χ4v) is 8.05. The van der Waals surface area contributed by atoms with Crippen LogP contribution in [0.4, 0.5) is 0 Å². The van der Waals surface area contributed by atoms with E-state index >= 15 is 0 Å². The third-order valence-corrected chi connectivity index (χ3v) is 10.5. The number of allylic oxidation sites excluding steroid dienone is 1. The van der Waals surface area contributed by atoms with E-state index in [9.17, 15) is 4.79 Å². The van der Waals surface area contributed by atoms with E-state index in [1.165, 1.54) is 27.3 Å². The Morgan fingerprint density at radius 2 is 1.22 bits per heavy atom. The fourth-order valence-electron chi connectivity index (χ4n) is 8.05. The molecule has 0 aliphatic rings. The van der Waals surface area contributed by atoms with Crippen LogP contribution in [0.5, 0.6) is 0 Å². The van der Waals surface area contributed by atoms with Gasteiger partial charge < -0.3 is 0 Å². The van der Waals surface area contributed by atoms with Crippen LogP contribution in [-0.4, -0.2) is 9.38 Å². The van der Waals surface area contributed by atoms with Crippen molar-refractivity contribution < 1.29 is 0 Å². The summed E-state index contributed by atoms with van der Waals surface area (Å²) in [5.74, 6) is 0. The Hall–Kier alpha value is -6.58. The van der Waals surface area contributed by atoms with E-state index in [-0.39, 0.29) is 5.56 Å². The zero-order valence-electron chi connectivity index (χ0n) is 28.3. The van der Waals surface area contributed by atoms with Gasteiger partial charge in [0.15, 0.2) is 0 Å². The van der Waals surface area contributed by atoms with Gasteiger partial charge in [0.05, 0.1) is 11.0 Å². The zero-order chi connectivity index (χ0) is 34.2. The molecule has 0 aliphatic heterocycles. The Bertz CT molecular complexity index is 3130. The molecule has 0 saturated carbocycles. The van der Waals surface area contributed by atoms with Gasteiger partial charge in [-0.2, -0.15) is 0 Å². The molecule has 0 saturated heterocycles. The summed E-state index contributed by atoms with van der Waals surface area (Å²) in [6, 6.07) is 51.4. The van der Waals surface area contributed by atoms with Crippen LogP contribution in [0, 0.1) is 6.92 Å². The van der Waals surface area contributed by atoms with Crippen molar-refractivity contribution in [3.05, 3.63) is 173 Å². The molecule has 0 spiro atoms. The molecule has 0 fully saturated rings. The van der Waals surface area contributed by atoms with Gasteiger partial charge in [-0.05, 0) is 116 Å². The first-order valence-corrected chi connectivity index (χ1v) is 17.4. The van der Waals surface area contributed by atoms with Gasteiger partial charge in [0, 0.05) is 21.7 Å². The standard InChI is InChI=1S/C48H32N2O/c1-3-9-30-16-20-36(24-29(30)2)39-22-23-41-45-40(39)14-8-15-42(45)48(51)50-46-43(37-21-18-32-11-5-7-13-34(32)26-37)27-38(28-44(46)49-47(41)50)35-19-17-31-10-4-6-12-33(31)25-35/h3-28H,1-2H3/b9-3-. The number of hydrogen-bond acceptors (Lipinski definition) is 2. The van der Waals surface area contributed by atoms with Crippen molar-refractivity contribution in [1.29, 1.82) is 0 Å². The highest BCUT2D eigenvalue weighted by molar-refractivity contribution is 6.19. The van der Waals surface area contributed by atoms with Crippen LogP contribution >= 0.6 is 0 Å². The van der Waals surface area contributed by atoms with Crippen molar-refractivity contribution in [3.8, 4) is 33.4 Å². The molecule has 10 rings (SSSR count). The van der Waals surface area contributed by atoms with Crippen molar-refractivity contribution in [1.82, 2.24) is 9.38 Å². The second kappa shape index (κ2) is 11.2. The Balaban J connectivity index is 1.29. The van der Waals surface area contributed by atoms with Crippen molar-refractivity contribution in [2.24, 2.45) is 0 Å². The molecule has 2 heterocycles. The number of aromatic nitrogens is 2. The van der Waals surface area contributed by atoms with Crippen LogP contribution < -0.4 is 5.56 Å². The first kappa shape index (κ1) is 29.3. The smallest absolute Gasteiger partial charge is 0.264 e. The van der Waals surface area contributed by atoms with Crippen LogP contribution in [-0.2, 0) is 0 Å². The van der Waals surface area contributed by atoms with E-state index < -0.39 is 0 Å². The molecule has 0 radical (unpaired) electrons. The normalized spacial score (nSPS) is 12.1. The molecule has 2 aromatic heterocycles. The molecule has 0 aliphatic carbocycles. The lowest BCUT2D eigenvalue weighted by molar-refractivity contribution is 1.19. The summed E-state index contributed by atoms with van der Waals surface area (Å²) in [5, 5.41) is 8.40. The Morgan fingerprint density at radius 3 is 1.96 bits per heavy atom. The number of pyridine rings is 1. The number of nitrogens with zero attached hydrogens (tertiary/aromatic N) is 2. The van der Waals surface area contributed by atoms with Crippen molar-refractivity contribution in [3.63, 3.8) is 0 Å². The maximum Gasteiger partial charge on any atom is 0.264 e. The molecule has 3 heteroatoms. The minimum absolute atomic E-state index is 0.0529. The fraction of sp³-hybridized carbons (Fsp3) is 0.0417. The molecule has 10 aromatic rings. The van der Waals surface area contributed by atoms with E-state index in [1.807, 2.05) is 23.5 Å². The quantitative estimate of drug-likeness (QED) is 0.190. The van der Waals surface area contributed by atoms with Gasteiger partial charge in [0.25, 0.3) is 5.56 Å². The van der Waals surface area contributed by atoms with Crippen molar-refractivity contribution in [2.75, 3.05) is 0 Å². The number of imidazole rings is 1. The van der Waals surface area contributed by atoms with Crippen molar-refractivity contribution >= 4 is 65.8 Å². The molecular formula is C48H32N2O. The second-order valence-electron chi connectivity index (χ2n) is 13.6. The minimum atomic E-state index is -0.0529. The van der Waals surface area contributed by atoms with Gasteiger partial charge in [-0.25, -0.2) is 4.98 Å². The average Bonchev–Trinajstić information content (AvgIpc) is 3.57. The molecule has 0 N–H and O–H groups in total. The highest BCUT2D eigenvalue weighted by Gasteiger charge is 2.21. The third-order valence-electron chi connectivity index (χ3n) is 10.5. The molecular weight excluding hydrogens is 621 g/mol. The van der Waals surface area contributed by atoms with E-state index in [1.54, 1.807) is 0 Å². The van der Waals surface area contributed by atoms with Gasteiger partial charge in [0.1, 0.15) is 5.65 Å². The van der Waals surface area contributed by atoms with Gasteiger partial charge >= 0.3 is 0 Å². The minimum Gasteiger partial charge on any atom is -0.268 e. The van der Waals surface area contributed by atoms with Crippen LogP contribution in [0.15, 0.2) is 156 Å². The van der Waals surface area contributed by atoms with Gasteiger partial charge in [0.2, 0.25) is 0 Å². The summed E-state index contributed by atoms with van der Waals surface area (Å²) < 4.78 is 1.86. The lowest BCUT2D eigenvalue weighted by Gasteiger charge is -2.14. The molecule has 51 heavy (non-hydrogen) atoms. The topological polar surface area (TPSA) is 34.4 Å². The predicted octanol–water partition coefficient (Wildman–Crippen LogP) is 12.2. The number of fused-ring (bicyclic) bond motifs is 6. The first-order valence-electron chi connectivity index (χ1n) is 17.4. The zero-order valence-corrected chi connectivity index (χ0v) is 28.3. The highest BCUT2D eigenvalue weighted by Crippen LogP contribution is 2.40. The molecule has 0 bridgehead atoms. The SMILES string of the molecule is C/C=C\c1ccc(-c2ccc3c4c2cccc4c(=O)n2c3nc3cc(-c4ccc5ccccc5c4)cc(-c4ccc5ccccc5c4)c32)cc1C. The lowest BCUT2D eigenvalue weighted by atomic mass is 9.92. The van der Waals surface area contributed by atoms with Gasteiger partial charge in [-0.1, -0.05) is 121 Å². The van der Waals surface area contributed by atoms with Crippen LogP contribution in [0.25, 0.3) is 99.2 Å². The van der Waals surface area contributed by atoms with E-state index in [2.05, 4.69) is 153 Å². The van der Waals surface area contributed by atoms with Crippen molar-refractivity contribution in [2.45, 2.75) is 13.8 Å². The van der Waals surface area contributed by atoms with Crippen LogP contribution in [0.2, 0.25) is 0 Å². The highest BCUT2D eigenvalue weighted by atomic mass is 16.1. The molecule has 0 amide bonds. The summed E-state index contributed by atoms with van der Waals surface area (Å²) in [7, 11) is 0. The summed E-state index contributed by atoms with van der Waals surface area (Å²) in [5.41, 5.74) is 11.1. The van der Waals surface area contributed by atoms with E-state index in [0.717, 1.165) is 66.0 Å². The molecule has 240 valence electrons. The average molecular weight is 653 g/mol. The Kier molecular flexibility index (Phi) is 6.46. The van der Waals surface area contributed by atoms with Gasteiger partial charge in [-0.3, -0.25) is 9.20 Å². The second-order valence-corrected chi connectivity index (χ2v) is 13.6. The number of benzene rings is 8. The van der Waals surface area contributed by atoms with Crippen LogP contribution in [0.3, 0.4) is 0 Å². The number of hydrogen-bond donors (Lipinski definition) is 0. The van der Waals surface area contributed by atoms with Gasteiger partial charge in [-0.15, -0.1) is 0 Å². The third kappa shape index (κ3) is 4.52. The van der Waals surface area contributed by atoms with Crippen LogP contribution in [0.1, 0.15) is 18.1 Å². The summed E-state index contributed by atoms with van der Waals surface area (Å²) in [6.45, 7) is 4.19. The summed E-state index contributed by atoms with van der Waals surface area (Å²) in [4.78, 5) is 20.1. The maximum absolute atomic E-state index is 14.8. The summed E-state index contributed by atoms with van der Waals surface area (Å²) in [6.07, 6.45) is 4.20. The largest absolute Gasteiger partial charge is 0.268 e. The number of aryl methyl sites for hydroxylation is 1. The molecule has 8 aromatic carbocycles. The maximum atomic E-state index is 14.8. The first-order chi connectivity index (χ1) is 25.1. The Morgan fingerprint density at radius 1 is 0.549 bits per heavy atom. The Labute approximate surface area is 294 Å².